The molecule has 0 bridgehead atoms. The molecule has 0 radical (unpaired) electrons. The lowest BCUT2D eigenvalue weighted by Gasteiger charge is -2.12. The van der Waals surface area contributed by atoms with E-state index >= 15 is 0 Å². The van der Waals surface area contributed by atoms with Gasteiger partial charge in [-0.1, -0.05) is 42.5 Å². The molecule has 0 aliphatic carbocycles. The predicted molar refractivity (Wildman–Crippen MR) is 107 cm³/mol. The molecule has 0 atom stereocenters. The maximum Gasteiger partial charge on any atom is 0.276 e. The van der Waals surface area contributed by atoms with Crippen LogP contribution in [-0.4, -0.2) is 33.9 Å². The zero-order chi connectivity index (χ0) is 19.2. The van der Waals surface area contributed by atoms with Crippen molar-refractivity contribution in [1.82, 2.24) is 15.1 Å². The van der Waals surface area contributed by atoms with E-state index in [9.17, 15) is 4.79 Å². The first-order valence-corrected chi connectivity index (χ1v) is 8.91. The monoisotopic (exact) mass is 364 g/mol. The summed E-state index contributed by atoms with van der Waals surface area (Å²) in [6.07, 6.45) is 0. The Balaban J connectivity index is 1.78. The standard InChI is InChI=1S/C21H24N4O2/c1-15-18(16-7-4-3-5-8-16)9-6-10-19(15)23-21(27)20-13-17(25(2)24-20)14-22-11-12-26/h3-10,13,22,26H,11-12,14H2,1-2H3,(H,23,27). The van der Waals surface area contributed by atoms with Crippen LogP contribution in [0.2, 0.25) is 0 Å². The average molecular weight is 364 g/mol. The van der Waals surface area contributed by atoms with Crippen molar-refractivity contribution in [3.05, 3.63) is 71.5 Å². The fraction of sp³-hybridized carbons (Fsp3) is 0.238. The van der Waals surface area contributed by atoms with Gasteiger partial charge in [-0.3, -0.25) is 9.48 Å². The summed E-state index contributed by atoms with van der Waals surface area (Å²) in [5.41, 5.74) is 5.22. The first-order valence-electron chi connectivity index (χ1n) is 8.91. The van der Waals surface area contributed by atoms with Gasteiger partial charge in [0.15, 0.2) is 5.69 Å². The van der Waals surface area contributed by atoms with Crippen molar-refractivity contribution in [2.45, 2.75) is 13.5 Å². The van der Waals surface area contributed by atoms with Crippen LogP contribution in [0.1, 0.15) is 21.7 Å². The fourth-order valence-electron chi connectivity index (χ4n) is 2.97. The SMILES string of the molecule is Cc1c(NC(=O)c2cc(CNCCO)n(C)n2)cccc1-c1ccccc1. The van der Waals surface area contributed by atoms with Crippen molar-refractivity contribution in [3.8, 4) is 11.1 Å². The van der Waals surface area contributed by atoms with Gasteiger partial charge in [-0.25, -0.2) is 0 Å². The van der Waals surface area contributed by atoms with E-state index in [1.807, 2.05) is 43.3 Å². The molecule has 0 fully saturated rings. The predicted octanol–water partition coefficient (Wildman–Crippen LogP) is 2.73. The second-order valence-electron chi connectivity index (χ2n) is 6.34. The van der Waals surface area contributed by atoms with Gasteiger partial charge < -0.3 is 15.7 Å². The molecule has 0 saturated heterocycles. The zero-order valence-corrected chi connectivity index (χ0v) is 15.6. The molecule has 27 heavy (non-hydrogen) atoms. The third-order valence-corrected chi connectivity index (χ3v) is 4.47. The fourth-order valence-corrected chi connectivity index (χ4v) is 2.97. The highest BCUT2D eigenvalue weighted by Crippen LogP contribution is 2.28. The molecule has 0 aliphatic rings. The third kappa shape index (κ3) is 4.42. The quantitative estimate of drug-likeness (QED) is 0.563. The highest BCUT2D eigenvalue weighted by Gasteiger charge is 2.15. The third-order valence-electron chi connectivity index (χ3n) is 4.47. The van der Waals surface area contributed by atoms with Crippen LogP contribution in [0.5, 0.6) is 0 Å². The molecule has 1 heterocycles. The van der Waals surface area contributed by atoms with Crippen LogP contribution < -0.4 is 10.6 Å². The molecule has 6 heteroatoms. The first-order chi connectivity index (χ1) is 13.1. The Morgan fingerprint density at radius 3 is 2.67 bits per heavy atom. The van der Waals surface area contributed by atoms with Gasteiger partial charge in [0.1, 0.15) is 0 Å². The number of aliphatic hydroxyl groups excluding tert-OH is 1. The lowest BCUT2D eigenvalue weighted by molar-refractivity contribution is 0.102. The van der Waals surface area contributed by atoms with E-state index in [0.717, 1.165) is 28.1 Å². The number of aliphatic hydroxyl groups is 1. The minimum absolute atomic E-state index is 0.0717. The van der Waals surface area contributed by atoms with E-state index in [4.69, 9.17) is 5.11 Å². The molecule has 1 amide bonds. The van der Waals surface area contributed by atoms with Gasteiger partial charge in [-0.15, -0.1) is 0 Å². The summed E-state index contributed by atoms with van der Waals surface area (Å²) in [5.74, 6) is -0.243. The summed E-state index contributed by atoms with van der Waals surface area (Å²) in [5, 5.41) is 19.2. The van der Waals surface area contributed by atoms with E-state index < -0.39 is 0 Å². The van der Waals surface area contributed by atoms with Crippen molar-refractivity contribution in [1.29, 1.82) is 0 Å². The highest BCUT2D eigenvalue weighted by molar-refractivity contribution is 6.03. The topological polar surface area (TPSA) is 79.2 Å². The number of carbonyl (C=O) groups excluding carboxylic acids is 1. The summed E-state index contributed by atoms with van der Waals surface area (Å²) in [7, 11) is 1.80. The number of carbonyl (C=O) groups is 1. The molecule has 0 saturated carbocycles. The number of hydrogen-bond acceptors (Lipinski definition) is 4. The van der Waals surface area contributed by atoms with Gasteiger partial charge >= 0.3 is 0 Å². The van der Waals surface area contributed by atoms with Gasteiger partial charge in [0.25, 0.3) is 5.91 Å². The molecule has 3 rings (SSSR count). The van der Waals surface area contributed by atoms with E-state index in [1.54, 1.807) is 17.8 Å². The summed E-state index contributed by atoms with van der Waals surface area (Å²) in [6, 6.07) is 17.7. The van der Waals surface area contributed by atoms with Crippen LogP contribution in [0.15, 0.2) is 54.6 Å². The van der Waals surface area contributed by atoms with Crippen LogP contribution in [-0.2, 0) is 13.6 Å². The van der Waals surface area contributed by atoms with Crippen LogP contribution >= 0.6 is 0 Å². The Bertz CT molecular complexity index is 919. The average Bonchev–Trinajstić information content (AvgIpc) is 3.05. The van der Waals surface area contributed by atoms with Crippen molar-refractivity contribution in [3.63, 3.8) is 0 Å². The summed E-state index contributed by atoms with van der Waals surface area (Å²) < 4.78 is 1.67. The summed E-state index contributed by atoms with van der Waals surface area (Å²) in [4.78, 5) is 12.7. The Hall–Kier alpha value is -2.96. The van der Waals surface area contributed by atoms with Gasteiger partial charge in [0, 0.05) is 25.8 Å². The molecular weight excluding hydrogens is 340 g/mol. The van der Waals surface area contributed by atoms with Gasteiger partial charge in [-0.2, -0.15) is 5.10 Å². The number of benzene rings is 2. The van der Waals surface area contributed by atoms with Crippen molar-refractivity contribution < 1.29 is 9.90 Å². The minimum atomic E-state index is -0.243. The molecule has 1 aromatic heterocycles. The molecular formula is C21H24N4O2. The normalized spacial score (nSPS) is 10.8. The number of aryl methyl sites for hydroxylation is 1. The lowest BCUT2D eigenvalue weighted by Crippen LogP contribution is -2.19. The van der Waals surface area contributed by atoms with Crippen molar-refractivity contribution in [2.75, 3.05) is 18.5 Å². The van der Waals surface area contributed by atoms with Crippen molar-refractivity contribution >= 4 is 11.6 Å². The number of aromatic nitrogens is 2. The Morgan fingerprint density at radius 2 is 1.93 bits per heavy atom. The summed E-state index contributed by atoms with van der Waals surface area (Å²) >= 11 is 0. The summed E-state index contributed by atoms with van der Waals surface area (Å²) in [6.45, 7) is 3.11. The zero-order valence-electron chi connectivity index (χ0n) is 15.6. The van der Waals surface area contributed by atoms with Gasteiger partial charge in [0.05, 0.1) is 12.3 Å². The second kappa shape index (κ2) is 8.62. The number of nitrogens with one attached hydrogen (secondary N) is 2. The molecule has 3 aromatic rings. The maximum atomic E-state index is 12.7. The molecule has 0 aliphatic heterocycles. The number of amides is 1. The maximum absolute atomic E-state index is 12.7. The van der Waals surface area contributed by atoms with E-state index in [2.05, 4.69) is 27.9 Å². The van der Waals surface area contributed by atoms with E-state index in [0.29, 0.717) is 18.8 Å². The van der Waals surface area contributed by atoms with Crippen LogP contribution in [0.25, 0.3) is 11.1 Å². The molecule has 6 nitrogen and oxygen atoms in total. The van der Waals surface area contributed by atoms with E-state index in [-0.39, 0.29) is 12.5 Å². The number of hydrogen-bond donors (Lipinski definition) is 3. The minimum Gasteiger partial charge on any atom is -0.395 e. The van der Waals surface area contributed by atoms with Crippen molar-refractivity contribution in [2.24, 2.45) is 7.05 Å². The van der Waals surface area contributed by atoms with Crippen LogP contribution in [0.3, 0.4) is 0 Å². The molecule has 0 spiro atoms. The second-order valence-corrected chi connectivity index (χ2v) is 6.34. The molecule has 0 unspecified atom stereocenters. The number of rotatable bonds is 7. The van der Waals surface area contributed by atoms with E-state index in [1.165, 1.54) is 0 Å². The lowest BCUT2D eigenvalue weighted by atomic mass is 9.99. The highest BCUT2D eigenvalue weighted by atomic mass is 16.3. The van der Waals surface area contributed by atoms with Gasteiger partial charge in [0.2, 0.25) is 0 Å². The number of nitrogens with zero attached hydrogens (tertiary/aromatic N) is 2. The largest absolute Gasteiger partial charge is 0.395 e. The molecule has 140 valence electrons. The van der Waals surface area contributed by atoms with Crippen LogP contribution in [0, 0.1) is 6.92 Å². The molecule has 3 N–H and O–H groups in total. The Labute approximate surface area is 158 Å². The Morgan fingerprint density at radius 1 is 1.15 bits per heavy atom. The Kier molecular flexibility index (Phi) is 6.01. The van der Waals surface area contributed by atoms with Crippen LogP contribution in [0.4, 0.5) is 5.69 Å². The first kappa shape index (κ1) is 18.8. The van der Waals surface area contributed by atoms with Gasteiger partial charge in [-0.05, 0) is 35.7 Å². The number of anilines is 1. The smallest absolute Gasteiger partial charge is 0.276 e. The molecule has 2 aromatic carbocycles.